The average Bonchev–Trinajstić information content (AvgIpc) is 3.31. The summed E-state index contributed by atoms with van der Waals surface area (Å²) in [5, 5.41) is 2.87. The molecular weight excluding hydrogens is 438 g/mol. The molecule has 0 unspecified atom stereocenters. The van der Waals surface area contributed by atoms with Crippen molar-refractivity contribution in [3.8, 4) is 11.5 Å². The third-order valence-corrected chi connectivity index (χ3v) is 5.71. The molecule has 10 nitrogen and oxygen atoms in total. The molecule has 1 aliphatic heterocycles. The lowest BCUT2D eigenvalue weighted by atomic mass is 10.1. The van der Waals surface area contributed by atoms with Crippen molar-refractivity contribution in [2.75, 3.05) is 80.8 Å². The van der Waals surface area contributed by atoms with E-state index in [2.05, 4.69) is 20.1 Å². The van der Waals surface area contributed by atoms with Gasteiger partial charge in [0.25, 0.3) is 5.91 Å². The summed E-state index contributed by atoms with van der Waals surface area (Å²) < 4.78 is 22.1. The molecule has 1 N–H and O–H groups in total. The van der Waals surface area contributed by atoms with Gasteiger partial charge in [0, 0.05) is 51.4 Å². The lowest BCUT2D eigenvalue weighted by molar-refractivity contribution is 0.0320. The number of hydrogen-bond acceptors (Lipinski definition) is 9. The zero-order valence-corrected chi connectivity index (χ0v) is 20.7. The van der Waals surface area contributed by atoms with Crippen LogP contribution in [-0.4, -0.2) is 106 Å². The fourth-order valence-electron chi connectivity index (χ4n) is 3.73. The maximum absolute atomic E-state index is 12.4. The Hall–Kier alpha value is -2.66. The number of carbonyl (C=O) groups is 1. The molecule has 0 aliphatic carbocycles. The van der Waals surface area contributed by atoms with E-state index in [1.54, 1.807) is 14.2 Å². The summed E-state index contributed by atoms with van der Waals surface area (Å²) in [4.78, 5) is 23.5. The third kappa shape index (κ3) is 7.98. The molecule has 1 saturated heterocycles. The van der Waals surface area contributed by atoms with E-state index in [-0.39, 0.29) is 5.91 Å². The molecule has 0 bridgehead atoms. The fraction of sp³-hybridized carbons (Fsp3) is 0.583. The van der Waals surface area contributed by atoms with Gasteiger partial charge in [0.05, 0.1) is 34.0 Å². The molecule has 1 amide bonds. The van der Waals surface area contributed by atoms with E-state index in [1.807, 2.05) is 37.2 Å². The summed E-state index contributed by atoms with van der Waals surface area (Å²) in [6.07, 6.45) is 1.42. The number of likely N-dealkylation sites (N-methyl/N-ethyl adjacent to an activating group) is 1. The smallest absolute Gasteiger partial charge is 0.273 e. The molecule has 2 heterocycles. The number of nitrogens with zero attached hydrogens (tertiary/aromatic N) is 4. The first-order chi connectivity index (χ1) is 16.5. The lowest BCUT2D eigenvalue weighted by Gasteiger charge is -2.30. The van der Waals surface area contributed by atoms with Crippen molar-refractivity contribution in [3.05, 3.63) is 41.6 Å². The van der Waals surface area contributed by atoms with Crippen LogP contribution in [0.1, 0.15) is 21.9 Å². The van der Waals surface area contributed by atoms with Gasteiger partial charge < -0.3 is 28.8 Å². The Labute approximate surface area is 201 Å². The van der Waals surface area contributed by atoms with E-state index >= 15 is 0 Å². The number of carbonyl (C=O) groups excluding carboxylic acids is 1. The quantitative estimate of drug-likeness (QED) is 0.460. The van der Waals surface area contributed by atoms with Gasteiger partial charge in [-0.3, -0.25) is 14.6 Å². The van der Waals surface area contributed by atoms with Crippen LogP contribution in [0.4, 0.5) is 0 Å². The van der Waals surface area contributed by atoms with Crippen LogP contribution in [0.3, 0.4) is 0 Å². The number of ether oxygens (including phenoxy) is 3. The van der Waals surface area contributed by atoms with E-state index in [0.29, 0.717) is 31.2 Å². The van der Waals surface area contributed by atoms with E-state index in [9.17, 15) is 4.79 Å². The van der Waals surface area contributed by atoms with Crippen LogP contribution in [0.15, 0.2) is 28.9 Å². The summed E-state index contributed by atoms with van der Waals surface area (Å²) in [6, 6.07) is 5.78. The zero-order chi connectivity index (χ0) is 24.3. The minimum Gasteiger partial charge on any atom is -0.497 e. The number of hydrogen-bond donors (Lipinski definition) is 1. The molecule has 0 radical (unpaired) electrons. The van der Waals surface area contributed by atoms with Gasteiger partial charge in [-0.15, -0.1) is 0 Å². The largest absolute Gasteiger partial charge is 0.497 e. The summed E-state index contributed by atoms with van der Waals surface area (Å²) in [6.45, 7) is 7.46. The standard InChI is InChI=1S/C24H37N5O5/c1-27(2)8-7-25-24(30)21-18-34-23(26-21)17-29(10-9-28-11-13-33-14-12-28)16-19-15-20(31-3)5-6-22(19)32-4/h5-6,15,18H,7-14,16-17H2,1-4H3,(H,25,30). The van der Waals surface area contributed by atoms with Crippen LogP contribution in [-0.2, 0) is 17.8 Å². The number of oxazole rings is 1. The van der Waals surface area contributed by atoms with Gasteiger partial charge in [-0.05, 0) is 32.3 Å². The molecule has 2 aromatic rings. The molecular formula is C24H37N5O5. The number of morpholine rings is 1. The van der Waals surface area contributed by atoms with Crippen molar-refractivity contribution in [1.82, 2.24) is 25.0 Å². The molecule has 1 fully saturated rings. The molecule has 1 aromatic heterocycles. The monoisotopic (exact) mass is 475 g/mol. The van der Waals surface area contributed by atoms with Crippen molar-refractivity contribution in [3.63, 3.8) is 0 Å². The van der Waals surface area contributed by atoms with Gasteiger partial charge in [0.15, 0.2) is 5.69 Å². The highest BCUT2D eigenvalue weighted by molar-refractivity contribution is 5.91. The first-order valence-corrected chi connectivity index (χ1v) is 11.6. The van der Waals surface area contributed by atoms with Crippen molar-refractivity contribution >= 4 is 5.91 Å². The minimum absolute atomic E-state index is 0.230. The Morgan fingerprint density at radius 2 is 1.94 bits per heavy atom. The third-order valence-electron chi connectivity index (χ3n) is 5.71. The summed E-state index contributed by atoms with van der Waals surface area (Å²) in [5.74, 6) is 1.84. The molecule has 1 aliphatic rings. The van der Waals surface area contributed by atoms with Crippen LogP contribution in [0, 0.1) is 0 Å². The van der Waals surface area contributed by atoms with Gasteiger partial charge in [-0.1, -0.05) is 0 Å². The van der Waals surface area contributed by atoms with E-state index in [0.717, 1.165) is 63.0 Å². The average molecular weight is 476 g/mol. The maximum atomic E-state index is 12.4. The first-order valence-electron chi connectivity index (χ1n) is 11.6. The predicted octanol–water partition coefficient (Wildman–Crippen LogP) is 1.32. The lowest BCUT2D eigenvalue weighted by Crippen LogP contribution is -2.41. The molecule has 34 heavy (non-hydrogen) atoms. The van der Waals surface area contributed by atoms with Crippen molar-refractivity contribution in [1.29, 1.82) is 0 Å². The van der Waals surface area contributed by atoms with Gasteiger partial charge in [0.2, 0.25) is 5.89 Å². The normalized spacial score (nSPS) is 14.5. The van der Waals surface area contributed by atoms with Crippen molar-refractivity contribution < 1.29 is 23.4 Å². The molecule has 0 saturated carbocycles. The first kappa shape index (κ1) is 26.0. The van der Waals surface area contributed by atoms with Gasteiger partial charge in [-0.2, -0.15) is 0 Å². The Bertz CT molecular complexity index is 898. The second kappa shape index (κ2) is 13.3. The number of aromatic nitrogens is 1. The molecule has 3 rings (SSSR count). The molecule has 1 aromatic carbocycles. The summed E-state index contributed by atoms with van der Waals surface area (Å²) >= 11 is 0. The predicted molar refractivity (Wildman–Crippen MR) is 128 cm³/mol. The SMILES string of the molecule is COc1ccc(OC)c(CN(CCN2CCOCC2)Cc2nc(C(=O)NCCN(C)C)co2)c1. The Kier molecular flexibility index (Phi) is 10.1. The van der Waals surface area contributed by atoms with Crippen LogP contribution in [0.25, 0.3) is 0 Å². The van der Waals surface area contributed by atoms with Gasteiger partial charge >= 0.3 is 0 Å². The van der Waals surface area contributed by atoms with E-state index in [1.165, 1.54) is 6.26 Å². The molecule has 188 valence electrons. The number of amides is 1. The van der Waals surface area contributed by atoms with E-state index < -0.39 is 0 Å². The summed E-state index contributed by atoms with van der Waals surface area (Å²) in [7, 11) is 7.24. The number of benzene rings is 1. The van der Waals surface area contributed by atoms with Crippen molar-refractivity contribution in [2.24, 2.45) is 0 Å². The van der Waals surface area contributed by atoms with Crippen LogP contribution < -0.4 is 14.8 Å². The topological polar surface area (TPSA) is 92.5 Å². The second-order valence-electron chi connectivity index (χ2n) is 8.53. The highest BCUT2D eigenvalue weighted by atomic mass is 16.5. The maximum Gasteiger partial charge on any atom is 0.273 e. The number of nitrogens with one attached hydrogen (secondary N) is 1. The summed E-state index contributed by atoms with van der Waals surface area (Å²) in [5.41, 5.74) is 1.30. The molecule has 0 atom stereocenters. The Morgan fingerprint density at radius 1 is 1.15 bits per heavy atom. The highest BCUT2D eigenvalue weighted by Crippen LogP contribution is 2.26. The molecule has 0 spiro atoms. The minimum atomic E-state index is -0.230. The number of rotatable bonds is 13. The van der Waals surface area contributed by atoms with Crippen LogP contribution in [0.2, 0.25) is 0 Å². The highest BCUT2D eigenvalue weighted by Gasteiger charge is 2.19. The zero-order valence-electron chi connectivity index (χ0n) is 20.7. The van der Waals surface area contributed by atoms with Crippen LogP contribution in [0.5, 0.6) is 11.5 Å². The van der Waals surface area contributed by atoms with E-state index in [4.69, 9.17) is 18.6 Å². The van der Waals surface area contributed by atoms with Gasteiger partial charge in [0.1, 0.15) is 17.8 Å². The Balaban J connectivity index is 1.68. The fourth-order valence-corrected chi connectivity index (χ4v) is 3.73. The van der Waals surface area contributed by atoms with Crippen molar-refractivity contribution in [2.45, 2.75) is 13.1 Å². The van der Waals surface area contributed by atoms with Gasteiger partial charge in [-0.25, -0.2) is 4.98 Å². The number of methoxy groups -OCH3 is 2. The second-order valence-corrected chi connectivity index (χ2v) is 8.53. The Morgan fingerprint density at radius 3 is 2.65 bits per heavy atom. The molecule has 10 heteroatoms. The van der Waals surface area contributed by atoms with Crippen LogP contribution >= 0.6 is 0 Å².